The molecule has 0 bridgehead atoms. The van der Waals surface area contributed by atoms with Crippen LogP contribution in [0.4, 0.5) is 0 Å². The van der Waals surface area contributed by atoms with Gasteiger partial charge in [-0.2, -0.15) is 4.57 Å². The molecule has 5 aromatic rings. The Bertz CT molecular complexity index is 1950. The summed E-state index contributed by atoms with van der Waals surface area (Å²) in [6.07, 6.45) is 2.03. The number of rotatable bonds is 12. The van der Waals surface area contributed by atoms with Gasteiger partial charge in [0.05, 0.1) is 17.4 Å². The second kappa shape index (κ2) is 16.5. The first kappa shape index (κ1) is 36.7. The normalized spacial score (nSPS) is 17.8. The number of hydrogen-bond acceptors (Lipinski definition) is 7. The standard InChI is InChI=1S/C41H41BrN2O5SSi/c1-41(2,3)51(33-20-12-6-13-21-33,34-22-14-7-15-23-34)48-28-36-37(47-27-30-16-8-4-9-17-30)35(29-50-36)49-40-43-26-32(24-25-42)39(46)44(40)38(45)31-18-10-5-11-19-31/h4-26,35-37H,27-29H2,1-3H3/b25-24+/t35-,36-,37+/m1/s1. The Balaban J connectivity index is 1.35. The minimum atomic E-state index is -2.83. The lowest BCUT2D eigenvalue weighted by Crippen LogP contribution is -2.67. The van der Waals surface area contributed by atoms with Crippen LogP contribution in [0.3, 0.4) is 0 Å². The van der Waals surface area contributed by atoms with E-state index in [1.807, 2.05) is 48.5 Å². The molecule has 0 amide bonds. The topological polar surface area (TPSA) is 79.7 Å². The van der Waals surface area contributed by atoms with E-state index in [9.17, 15) is 9.59 Å². The minimum absolute atomic E-state index is 0.0759. The van der Waals surface area contributed by atoms with Crippen LogP contribution in [0.5, 0.6) is 6.01 Å². The summed E-state index contributed by atoms with van der Waals surface area (Å²) < 4.78 is 21.6. The molecule has 1 aliphatic heterocycles. The van der Waals surface area contributed by atoms with E-state index in [0.717, 1.165) is 10.1 Å². The monoisotopic (exact) mass is 780 g/mol. The number of nitrogens with zero attached hydrogens (tertiary/aromatic N) is 2. The molecule has 7 nitrogen and oxygen atoms in total. The number of carbonyl (C=O) groups is 1. The third-order valence-electron chi connectivity index (χ3n) is 9.05. The van der Waals surface area contributed by atoms with Crippen LogP contribution in [0.1, 0.15) is 42.3 Å². The summed E-state index contributed by atoms with van der Waals surface area (Å²) in [6, 6.07) is 39.7. The highest BCUT2D eigenvalue weighted by Gasteiger charge is 2.51. The Morgan fingerprint density at radius 1 is 0.902 bits per heavy atom. The Morgan fingerprint density at radius 2 is 1.47 bits per heavy atom. The molecule has 0 radical (unpaired) electrons. The highest BCUT2D eigenvalue weighted by Crippen LogP contribution is 2.39. The van der Waals surface area contributed by atoms with Crippen LogP contribution < -0.4 is 20.7 Å². The van der Waals surface area contributed by atoms with E-state index >= 15 is 0 Å². The summed E-state index contributed by atoms with van der Waals surface area (Å²) in [7, 11) is -2.83. The van der Waals surface area contributed by atoms with Gasteiger partial charge in [-0.15, -0.1) is 11.8 Å². The molecular formula is C41H41BrN2O5SSi. The van der Waals surface area contributed by atoms with Crippen molar-refractivity contribution in [3.8, 4) is 6.01 Å². The molecule has 3 atom stereocenters. The molecule has 1 fully saturated rings. The number of carbonyl (C=O) groups excluding carboxylic acids is 1. The average Bonchev–Trinajstić information content (AvgIpc) is 3.53. The minimum Gasteiger partial charge on any atom is -0.457 e. The van der Waals surface area contributed by atoms with Gasteiger partial charge in [-0.3, -0.25) is 9.59 Å². The Kier molecular flexibility index (Phi) is 11.9. The van der Waals surface area contributed by atoms with Crippen LogP contribution in [0.15, 0.2) is 137 Å². The molecule has 262 valence electrons. The molecule has 1 saturated heterocycles. The second-order valence-electron chi connectivity index (χ2n) is 13.4. The number of thioether (sulfide) groups is 1. The van der Waals surface area contributed by atoms with Crippen molar-refractivity contribution in [2.45, 2.75) is 49.9 Å². The van der Waals surface area contributed by atoms with E-state index in [4.69, 9.17) is 13.9 Å². The molecule has 0 N–H and O–H groups in total. The summed E-state index contributed by atoms with van der Waals surface area (Å²) in [6.45, 7) is 7.56. The fourth-order valence-corrected chi connectivity index (χ4v) is 12.9. The van der Waals surface area contributed by atoms with Crippen LogP contribution in [-0.2, 0) is 15.8 Å². The lowest BCUT2D eigenvalue weighted by molar-refractivity contribution is -0.0295. The first-order valence-corrected chi connectivity index (χ1v) is 20.8. The maximum absolute atomic E-state index is 13.8. The molecular weight excluding hydrogens is 741 g/mol. The third-order valence-corrected chi connectivity index (χ3v) is 15.7. The quantitative estimate of drug-likeness (QED) is 0.123. The molecule has 0 spiro atoms. The molecule has 2 heterocycles. The average molecular weight is 782 g/mol. The van der Waals surface area contributed by atoms with Gasteiger partial charge in [-0.25, -0.2) is 4.98 Å². The largest absolute Gasteiger partial charge is 0.457 e. The number of ether oxygens (including phenoxy) is 2. The van der Waals surface area contributed by atoms with Gasteiger partial charge in [0.25, 0.3) is 19.8 Å². The van der Waals surface area contributed by atoms with Crippen molar-refractivity contribution >= 4 is 58.4 Å². The van der Waals surface area contributed by atoms with Gasteiger partial charge in [0.1, 0.15) is 12.2 Å². The molecule has 6 rings (SSSR count). The Hall–Kier alpha value is -4.06. The van der Waals surface area contributed by atoms with Gasteiger partial charge in [0, 0.05) is 24.1 Å². The molecule has 1 aromatic heterocycles. The number of hydrogen-bond donors (Lipinski definition) is 0. The first-order valence-electron chi connectivity index (χ1n) is 16.9. The van der Waals surface area contributed by atoms with Crippen molar-refractivity contribution in [1.82, 2.24) is 9.55 Å². The van der Waals surface area contributed by atoms with Crippen molar-refractivity contribution in [2.75, 3.05) is 12.4 Å². The van der Waals surface area contributed by atoms with E-state index < -0.39 is 32.0 Å². The molecule has 0 aliphatic carbocycles. The van der Waals surface area contributed by atoms with Crippen LogP contribution >= 0.6 is 27.7 Å². The van der Waals surface area contributed by atoms with E-state index in [1.165, 1.54) is 16.6 Å². The van der Waals surface area contributed by atoms with E-state index in [0.29, 0.717) is 24.5 Å². The maximum atomic E-state index is 13.8. The Labute approximate surface area is 313 Å². The van der Waals surface area contributed by atoms with Gasteiger partial charge in [0.15, 0.2) is 0 Å². The highest BCUT2D eigenvalue weighted by molar-refractivity contribution is 9.11. The zero-order valence-electron chi connectivity index (χ0n) is 28.9. The van der Waals surface area contributed by atoms with Gasteiger partial charge in [0.2, 0.25) is 0 Å². The zero-order chi connectivity index (χ0) is 35.8. The number of benzene rings is 4. The van der Waals surface area contributed by atoms with E-state index in [-0.39, 0.29) is 21.9 Å². The summed E-state index contributed by atoms with van der Waals surface area (Å²) in [5.41, 5.74) is 1.10. The fraction of sp³-hybridized carbons (Fsp3) is 0.244. The van der Waals surface area contributed by atoms with Crippen molar-refractivity contribution in [3.05, 3.63) is 160 Å². The zero-order valence-corrected chi connectivity index (χ0v) is 32.3. The van der Waals surface area contributed by atoms with Crippen LogP contribution in [0.2, 0.25) is 5.04 Å². The van der Waals surface area contributed by atoms with E-state index in [2.05, 4.69) is 90.2 Å². The summed E-state index contributed by atoms with van der Waals surface area (Å²) >= 11 is 4.95. The fourth-order valence-electron chi connectivity index (χ4n) is 6.58. The third kappa shape index (κ3) is 8.05. The summed E-state index contributed by atoms with van der Waals surface area (Å²) in [5.74, 6) is 0.0269. The number of halogens is 1. The van der Waals surface area contributed by atoms with Crippen molar-refractivity contribution in [1.29, 1.82) is 0 Å². The van der Waals surface area contributed by atoms with Crippen molar-refractivity contribution in [2.24, 2.45) is 0 Å². The molecule has 0 saturated carbocycles. The highest BCUT2D eigenvalue weighted by atomic mass is 79.9. The SMILES string of the molecule is CC(C)(C)[Si](OC[C@H]1SC[C@@H](Oc2ncc(/C=C/Br)c(=O)n2C(=O)c2ccccc2)[C@@H]1OCc1ccccc1)(c1ccccc1)c1ccccc1. The maximum Gasteiger partial charge on any atom is 0.306 e. The Morgan fingerprint density at radius 3 is 2.04 bits per heavy atom. The van der Waals surface area contributed by atoms with Gasteiger partial charge < -0.3 is 13.9 Å². The molecule has 0 unspecified atom stereocenters. The second-order valence-corrected chi connectivity index (χ2v) is 19.5. The van der Waals surface area contributed by atoms with Crippen molar-refractivity contribution < 1.29 is 18.7 Å². The van der Waals surface area contributed by atoms with Crippen LogP contribution in [-0.4, -0.2) is 53.6 Å². The lowest BCUT2D eigenvalue weighted by Gasteiger charge is -2.43. The van der Waals surface area contributed by atoms with Gasteiger partial charge in [-0.1, -0.05) is 146 Å². The smallest absolute Gasteiger partial charge is 0.306 e. The molecule has 1 aliphatic rings. The predicted molar refractivity (Wildman–Crippen MR) is 212 cm³/mol. The first-order chi connectivity index (χ1) is 24.7. The molecule has 51 heavy (non-hydrogen) atoms. The van der Waals surface area contributed by atoms with Gasteiger partial charge >= 0.3 is 6.01 Å². The summed E-state index contributed by atoms with van der Waals surface area (Å²) in [5, 5.41) is 2.09. The van der Waals surface area contributed by atoms with Gasteiger partial charge in [-0.05, 0) is 44.2 Å². The van der Waals surface area contributed by atoms with Crippen molar-refractivity contribution in [3.63, 3.8) is 0 Å². The van der Waals surface area contributed by atoms with Crippen LogP contribution in [0, 0.1) is 0 Å². The lowest BCUT2D eigenvalue weighted by atomic mass is 10.1. The van der Waals surface area contributed by atoms with E-state index in [1.54, 1.807) is 47.1 Å². The summed E-state index contributed by atoms with van der Waals surface area (Å²) in [4.78, 5) is 33.6. The predicted octanol–water partition coefficient (Wildman–Crippen LogP) is 7.32. The molecule has 10 heteroatoms. The number of aromatic nitrogens is 2. The van der Waals surface area contributed by atoms with Crippen LogP contribution in [0.25, 0.3) is 6.08 Å². The molecule has 4 aromatic carbocycles.